The summed E-state index contributed by atoms with van der Waals surface area (Å²) in [4.78, 5) is 0.648. The lowest BCUT2D eigenvalue weighted by atomic mass is 10.3. The molecule has 1 aromatic carbocycles. The Balaban J connectivity index is 2.53. The molecule has 13 heavy (non-hydrogen) atoms. The van der Waals surface area contributed by atoms with E-state index in [0.29, 0.717) is 4.85 Å². The highest BCUT2D eigenvalue weighted by atomic mass is 16.5. The average Bonchev–Trinajstić information content (AvgIpc) is 2.49. The van der Waals surface area contributed by atoms with Crippen LogP contribution >= 0.6 is 0 Å². The van der Waals surface area contributed by atoms with Crippen LogP contribution in [-0.2, 0) is 0 Å². The maximum atomic E-state index is 11.3. The Morgan fingerprint density at radius 1 is 1.15 bits per heavy atom. The zero-order chi connectivity index (χ0) is 9.26. The van der Waals surface area contributed by atoms with Crippen LogP contribution < -0.4 is 10.6 Å². The average molecular weight is 175 g/mol. The van der Waals surface area contributed by atoms with Gasteiger partial charge in [0.2, 0.25) is 0 Å². The maximum Gasteiger partial charge on any atom is 0.296 e. The van der Waals surface area contributed by atoms with Gasteiger partial charge in [0.05, 0.1) is 11.9 Å². The highest BCUT2D eigenvalue weighted by Gasteiger charge is 2.04. The van der Waals surface area contributed by atoms with Gasteiger partial charge in [0, 0.05) is 6.07 Å². The first-order valence-electron chi connectivity index (χ1n) is 3.91. The molecular weight excluding hydrogens is 166 g/mol. The Hall–Kier alpha value is -1.97. The molecule has 2 rings (SSSR count). The number of nitrogen functional groups attached to an aromatic ring is 1. The van der Waals surface area contributed by atoms with Crippen molar-refractivity contribution >= 4 is 5.82 Å². The lowest BCUT2D eigenvalue weighted by Gasteiger charge is -2.07. The Morgan fingerprint density at radius 2 is 1.85 bits per heavy atom. The fourth-order valence-electron chi connectivity index (χ4n) is 1.17. The van der Waals surface area contributed by atoms with Crippen LogP contribution in [0, 0.1) is 5.21 Å². The lowest BCUT2D eigenvalue weighted by molar-refractivity contribution is -0.669. The third kappa shape index (κ3) is 1.22. The SMILES string of the molecule is Nc1ccn(-c2ccccc2)[n+]1[O-]. The van der Waals surface area contributed by atoms with Crippen molar-refractivity contribution in [3.8, 4) is 5.69 Å². The number of nitrogens with zero attached hydrogens (tertiary/aromatic N) is 2. The number of nitrogens with two attached hydrogens (primary N) is 1. The molecule has 0 aliphatic heterocycles. The first-order valence-corrected chi connectivity index (χ1v) is 3.91. The molecule has 1 aromatic heterocycles. The van der Waals surface area contributed by atoms with Crippen LogP contribution in [0.1, 0.15) is 0 Å². The largest absolute Gasteiger partial charge is 0.692 e. The van der Waals surface area contributed by atoms with Crippen LogP contribution in [0.15, 0.2) is 42.6 Å². The summed E-state index contributed by atoms with van der Waals surface area (Å²) in [5.74, 6) is 0.198. The summed E-state index contributed by atoms with van der Waals surface area (Å²) in [6.45, 7) is 0. The molecule has 0 unspecified atom stereocenters. The molecule has 0 bridgehead atoms. The minimum absolute atomic E-state index is 0.198. The van der Waals surface area contributed by atoms with Gasteiger partial charge in [-0.25, -0.2) is 0 Å². The number of benzene rings is 1. The molecule has 2 N–H and O–H groups in total. The quantitative estimate of drug-likeness (QED) is 0.512. The number of para-hydroxylation sites is 1. The molecule has 0 saturated heterocycles. The third-order valence-electron chi connectivity index (χ3n) is 1.82. The molecule has 0 aliphatic carbocycles. The summed E-state index contributed by atoms with van der Waals surface area (Å²) in [5, 5.41) is 11.3. The zero-order valence-electron chi connectivity index (χ0n) is 6.92. The molecule has 4 nitrogen and oxygen atoms in total. The minimum atomic E-state index is 0.198. The molecule has 0 atom stereocenters. The zero-order valence-corrected chi connectivity index (χ0v) is 6.92. The van der Waals surface area contributed by atoms with Gasteiger partial charge in [-0.15, -0.1) is 4.85 Å². The van der Waals surface area contributed by atoms with Crippen LogP contribution in [0.25, 0.3) is 5.69 Å². The maximum absolute atomic E-state index is 11.3. The highest BCUT2D eigenvalue weighted by Crippen LogP contribution is 2.05. The molecule has 66 valence electrons. The van der Waals surface area contributed by atoms with Crippen molar-refractivity contribution < 1.29 is 4.85 Å². The van der Waals surface area contributed by atoms with Gasteiger partial charge in [-0.2, -0.15) is 4.68 Å². The summed E-state index contributed by atoms with van der Waals surface area (Å²) in [6.07, 6.45) is 1.64. The van der Waals surface area contributed by atoms with E-state index in [0.717, 1.165) is 5.69 Å². The molecular formula is C9H9N3O. The summed E-state index contributed by atoms with van der Waals surface area (Å²) < 4.78 is 1.44. The molecule has 0 radical (unpaired) electrons. The second kappa shape index (κ2) is 2.82. The first-order chi connectivity index (χ1) is 6.29. The molecule has 0 fully saturated rings. The van der Waals surface area contributed by atoms with Gasteiger partial charge in [-0.1, -0.05) is 18.2 Å². The highest BCUT2D eigenvalue weighted by molar-refractivity contribution is 5.31. The van der Waals surface area contributed by atoms with Gasteiger partial charge < -0.3 is 5.21 Å². The van der Waals surface area contributed by atoms with Gasteiger partial charge in [0.1, 0.15) is 0 Å². The van der Waals surface area contributed by atoms with Crippen molar-refractivity contribution in [3.05, 3.63) is 47.8 Å². The molecule has 0 saturated carbocycles. The summed E-state index contributed by atoms with van der Waals surface area (Å²) in [6, 6.07) is 10.9. The predicted octanol–water partition coefficient (Wildman–Crippen LogP) is 0.693. The second-order valence-corrected chi connectivity index (χ2v) is 2.69. The Morgan fingerprint density at radius 3 is 2.38 bits per heavy atom. The smallest absolute Gasteiger partial charge is 0.296 e. The van der Waals surface area contributed by atoms with Gasteiger partial charge in [0.15, 0.2) is 0 Å². The van der Waals surface area contributed by atoms with Crippen molar-refractivity contribution in [1.82, 2.24) is 4.68 Å². The molecule has 0 aliphatic rings. The van der Waals surface area contributed by atoms with Crippen LogP contribution in [0.2, 0.25) is 0 Å². The monoisotopic (exact) mass is 175 g/mol. The van der Waals surface area contributed by atoms with E-state index in [4.69, 9.17) is 5.73 Å². The van der Waals surface area contributed by atoms with E-state index < -0.39 is 0 Å². The number of aromatic nitrogens is 2. The van der Waals surface area contributed by atoms with Crippen molar-refractivity contribution in [1.29, 1.82) is 0 Å². The van der Waals surface area contributed by atoms with Crippen molar-refractivity contribution in [2.75, 3.05) is 5.73 Å². The molecule has 0 spiro atoms. The predicted molar refractivity (Wildman–Crippen MR) is 49.1 cm³/mol. The summed E-state index contributed by atoms with van der Waals surface area (Å²) in [5.41, 5.74) is 6.21. The van der Waals surface area contributed by atoms with Crippen LogP contribution in [0.5, 0.6) is 0 Å². The van der Waals surface area contributed by atoms with Gasteiger partial charge in [0.25, 0.3) is 5.82 Å². The standard InChI is InChI=1S/C9H9N3O/c10-9-6-7-11(12(9)13)8-4-2-1-3-5-8/h1-7H,10H2. The van der Waals surface area contributed by atoms with E-state index in [2.05, 4.69) is 0 Å². The van der Waals surface area contributed by atoms with E-state index in [1.807, 2.05) is 30.3 Å². The van der Waals surface area contributed by atoms with Crippen molar-refractivity contribution in [2.24, 2.45) is 0 Å². The molecule has 4 heteroatoms. The van der Waals surface area contributed by atoms with Crippen LogP contribution in [0.3, 0.4) is 0 Å². The van der Waals surface area contributed by atoms with E-state index in [-0.39, 0.29) is 5.82 Å². The Kier molecular flexibility index (Phi) is 1.66. The second-order valence-electron chi connectivity index (χ2n) is 2.69. The first kappa shape index (κ1) is 7.67. The van der Waals surface area contributed by atoms with E-state index in [1.165, 1.54) is 4.68 Å². The van der Waals surface area contributed by atoms with Crippen LogP contribution in [-0.4, -0.2) is 4.68 Å². The summed E-state index contributed by atoms with van der Waals surface area (Å²) >= 11 is 0. The normalized spacial score (nSPS) is 10.2. The molecule has 0 amide bonds. The number of hydrogen-bond donors (Lipinski definition) is 1. The topological polar surface area (TPSA) is 57.9 Å². The van der Waals surface area contributed by atoms with E-state index in [9.17, 15) is 5.21 Å². The minimum Gasteiger partial charge on any atom is -0.692 e. The Labute approximate surface area is 75.4 Å². The fourth-order valence-corrected chi connectivity index (χ4v) is 1.17. The van der Waals surface area contributed by atoms with Gasteiger partial charge in [-0.3, -0.25) is 5.73 Å². The van der Waals surface area contributed by atoms with Crippen molar-refractivity contribution in [3.63, 3.8) is 0 Å². The third-order valence-corrected chi connectivity index (χ3v) is 1.82. The number of hydrogen-bond acceptors (Lipinski definition) is 2. The van der Waals surface area contributed by atoms with Crippen molar-refractivity contribution in [2.45, 2.75) is 0 Å². The molecule has 1 heterocycles. The van der Waals surface area contributed by atoms with Gasteiger partial charge >= 0.3 is 0 Å². The van der Waals surface area contributed by atoms with Crippen LogP contribution in [0.4, 0.5) is 5.82 Å². The number of anilines is 1. The van der Waals surface area contributed by atoms with Gasteiger partial charge in [-0.05, 0) is 12.1 Å². The van der Waals surface area contributed by atoms with E-state index >= 15 is 0 Å². The molecule has 2 aromatic rings. The van der Waals surface area contributed by atoms with E-state index in [1.54, 1.807) is 12.3 Å². The fraction of sp³-hybridized carbons (Fsp3) is 0. The Bertz CT molecular complexity index is 408. The summed E-state index contributed by atoms with van der Waals surface area (Å²) in [7, 11) is 0. The lowest BCUT2D eigenvalue weighted by Crippen LogP contribution is -2.38. The number of rotatable bonds is 1.